The van der Waals surface area contributed by atoms with E-state index in [0.29, 0.717) is 102 Å². The molecule has 0 heterocycles. The summed E-state index contributed by atoms with van der Waals surface area (Å²) in [7, 11) is 0. The van der Waals surface area contributed by atoms with Crippen molar-refractivity contribution in [1.82, 2.24) is 0 Å². The van der Waals surface area contributed by atoms with E-state index in [1.54, 1.807) is 60.6 Å². The van der Waals surface area contributed by atoms with Crippen LogP contribution >= 0.6 is 0 Å². The second kappa shape index (κ2) is 22.0. The Balaban J connectivity index is 2.13. The topological polar surface area (TPSA) is 219 Å². The molecule has 2 rings (SSSR count). The van der Waals surface area contributed by atoms with Crippen molar-refractivity contribution < 1.29 is 59.7 Å². The number of carboxylic acids is 4. The van der Waals surface area contributed by atoms with Gasteiger partial charge in [0.1, 0.15) is 29.6 Å². The quantitative estimate of drug-likeness (QED) is 0.0382. The summed E-state index contributed by atoms with van der Waals surface area (Å²) < 4.78 is 6.28. The second-order valence-electron chi connectivity index (χ2n) is 18.4. The predicted octanol–water partition coefficient (Wildman–Crippen LogP) is 9.94. The lowest BCUT2D eigenvalue weighted by atomic mass is 9.85. The van der Waals surface area contributed by atoms with Crippen LogP contribution in [0.15, 0.2) is 24.3 Å². The molecule has 0 saturated carbocycles. The van der Waals surface area contributed by atoms with Gasteiger partial charge in [0.25, 0.3) is 0 Å². The minimum absolute atomic E-state index is 0.00124. The van der Waals surface area contributed by atoms with Crippen LogP contribution in [0, 0.1) is 21.7 Å². The zero-order chi connectivity index (χ0) is 43.9. The lowest BCUT2D eigenvalue weighted by Crippen LogP contribution is -2.34. The SMILES string of the molecule is CC(C)(CCCCCc1cc(O)cc(OCC(C)(CCCCCc2c(O)cc(O)cc2CCCCC(C)(C)C(=O)O)C(=O)O)c1CCCCC(C)(C)C(=O)O)C(=O)O. The first kappa shape index (κ1) is 49.7. The summed E-state index contributed by atoms with van der Waals surface area (Å²) in [5.41, 5.74) is -0.532. The molecule has 0 aliphatic heterocycles. The zero-order valence-corrected chi connectivity index (χ0v) is 35.9. The van der Waals surface area contributed by atoms with Crippen LogP contribution < -0.4 is 4.74 Å². The van der Waals surface area contributed by atoms with E-state index in [1.165, 1.54) is 12.1 Å². The third-order valence-corrected chi connectivity index (χ3v) is 11.8. The van der Waals surface area contributed by atoms with Gasteiger partial charge in [-0.25, -0.2) is 0 Å². The molecule has 1 unspecified atom stereocenters. The van der Waals surface area contributed by atoms with Crippen molar-refractivity contribution in [1.29, 1.82) is 0 Å². The number of aliphatic carboxylic acids is 4. The van der Waals surface area contributed by atoms with Crippen LogP contribution in [0.25, 0.3) is 0 Å². The van der Waals surface area contributed by atoms with E-state index in [-0.39, 0.29) is 23.9 Å². The fourth-order valence-electron chi connectivity index (χ4n) is 7.14. The Bertz CT molecular complexity index is 1690. The first-order valence-corrected chi connectivity index (χ1v) is 20.9. The summed E-state index contributed by atoms with van der Waals surface area (Å²) >= 11 is 0. The van der Waals surface area contributed by atoms with Crippen LogP contribution in [0.2, 0.25) is 0 Å². The highest BCUT2D eigenvalue weighted by Gasteiger charge is 2.34. The molecule has 0 amide bonds. The van der Waals surface area contributed by atoms with Crippen molar-refractivity contribution in [3.63, 3.8) is 0 Å². The van der Waals surface area contributed by atoms with E-state index in [9.17, 15) is 54.9 Å². The van der Waals surface area contributed by atoms with Crippen molar-refractivity contribution in [2.24, 2.45) is 21.7 Å². The summed E-state index contributed by atoms with van der Waals surface area (Å²) in [5, 5.41) is 70.4. The molecule has 0 spiro atoms. The summed E-state index contributed by atoms with van der Waals surface area (Å²) in [6.07, 6.45) is 10.9. The maximum absolute atomic E-state index is 12.7. The highest BCUT2D eigenvalue weighted by Crippen LogP contribution is 2.36. The molecular formula is C46H70O12. The summed E-state index contributed by atoms with van der Waals surface area (Å²) in [5.74, 6) is -3.22. The number of hydrogen-bond acceptors (Lipinski definition) is 8. The highest BCUT2D eigenvalue weighted by atomic mass is 16.5. The molecule has 0 aliphatic carbocycles. The lowest BCUT2D eigenvalue weighted by Gasteiger charge is -2.26. The maximum atomic E-state index is 12.7. The zero-order valence-electron chi connectivity index (χ0n) is 35.9. The summed E-state index contributed by atoms with van der Waals surface area (Å²) in [4.78, 5) is 47.3. The number of aryl methyl sites for hydroxylation is 2. The Morgan fingerprint density at radius 1 is 0.466 bits per heavy atom. The average Bonchev–Trinajstić information content (AvgIpc) is 3.11. The number of phenolic OH excluding ortho intramolecular Hbond substituents is 3. The minimum Gasteiger partial charge on any atom is -0.508 e. The van der Waals surface area contributed by atoms with Gasteiger partial charge in [0.15, 0.2) is 0 Å². The van der Waals surface area contributed by atoms with Gasteiger partial charge in [0, 0.05) is 12.1 Å². The van der Waals surface area contributed by atoms with Crippen LogP contribution in [0.5, 0.6) is 23.0 Å². The lowest BCUT2D eigenvalue weighted by molar-refractivity contribution is -0.150. The van der Waals surface area contributed by atoms with Gasteiger partial charge in [-0.05, 0) is 160 Å². The molecule has 0 bridgehead atoms. The van der Waals surface area contributed by atoms with Crippen molar-refractivity contribution in [3.8, 4) is 23.0 Å². The monoisotopic (exact) mass is 814 g/mol. The van der Waals surface area contributed by atoms with E-state index in [2.05, 4.69) is 0 Å². The number of aromatic hydroxyl groups is 3. The molecule has 326 valence electrons. The van der Waals surface area contributed by atoms with Gasteiger partial charge in [-0.1, -0.05) is 38.5 Å². The molecular weight excluding hydrogens is 744 g/mol. The maximum Gasteiger partial charge on any atom is 0.312 e. The van der Waals surface area contributed by atoms with Gasteiger partial charge in [0.2, 0.25) is 0 Å². The van der Waals surface area contributed by atoms with Gasteiger partial charge in [-0.2, -0.15) is 0 Å². The molecule has 0 fully saturated rings. The standard InChI is InChI=1S/C46H70O12/c1-43(2,39(50)51)22-14-8-10-18-32-27-34(48)29-38(36(32)21-13-17-24-45(5,6)41(54)55)58-30-46(7,42(56)57)25-15-9-11-20-35-31(26-33(47)28-37(35)49)19-12-16-23-44(3,4)40(52)53/h26-29,47-49H,8-25,30H2,1-7H3,(H,50,51)(H,52,53)(H,54,55)(H,56,57). The predicted molar refractivity (Wildman–Crippen MR) is 223 cm³/mol. The number of rotatable bonds is 29. The molecule has 2 aromatic carbocycles. The number of unbranched alkanes of at least 4 members (excludes halogenated alkanes) is 6. The minimum atomic E-state index is -1.25. The van der Waals surface area contributed by atoms with E-state index in [0.717, 1.165) is 41.5 Å². The van der Waals surface area contributed by atoms with Crippen LogP contribution in [0.4, 0.5) is 0 Å². The van der Waals surface area contributed by atoms with Crippen molar-refractivity contribution in [2.75, 3.05) is 6.61 Å². The number of carbonyl (C=O) groups is 4. The number of ether oxygens (including phenoxy) is 1. The fourth-order valence-corrected chi connectivity index (χ4v) is 7.14. The fraction of sp³-hybridized carbons (Fsp3) is 0.652. The first-order chi connectivity index (χ1) is 26.9. The molecule has 0 saturated heterocycles. The Kier molecular flexibility index (Phi) is 18.9. The van der Waals surface area contributed by atoms with E-state index < -0.39 is 45.5 Å². The summed E-state index contributed by atoms with van der Waals surface area (Å²) in [6.45, 7) is 11.7. The smallest absolute Gasteiger partial charge is 0.312 e. The van der Waals surface area contributed by atoms with Gasteiger partial charge >= 0.3 is 23.9 Å². The largest absolute Gasteiger partial charge is 0.508 e. The Morgan fingerprint density at radius 2 is 0.845 bits per heavy atom. The Hall–Kier alpha value is -4.48. The molecule has 1 atom stereocenters. The Morgan fingerprint density at radius 3 is 1.33 bits per heavy atom. The van der Waals surface area contributed by atoms with Crippen LogP contribution in [0.3, 0.4) is 0 Å². The normalized spacial score (nSPS) is 13.2. The van der Waals surface area contributed by atoms with Crippen molar-refractivity contribution in [2.45, 2.75) is 164 Å². The third-order valence-electron chi connectivity index (χ3n) is 11.8. The molecule has 7 N–H and O–H groups in total. The van der Waals surface area contributed by atoms with Gasteiger partial charge < -0.3 is 40.5 Å². The molecule has 58 heavy (non-hydrogen) atoms. The summed E-state index contributed by atoms with van der Waals surface area (Å²) in [6, 6.07) is 6.15. The molecule has 0 radical (unpaired) electrons. The van der Waals surface area contributed by atoms with Crippen LogP contribution in [-0.2, 0) is 44.9 Å². The van der Waals surface area contributed by atoms with Crippen LogP contribution in [0.1, 0.15) is 161 Å². The van der Waals surface area contributed by atoms with Gasteiger partial charge in [0.05, 0.1) is 21.7 Å². The van der Waals surface area contributed by atoms with E-state index >= 15 is 0 Å². The van der Waals surface area contributed by atoms with Gasteiger partial charge in [-0.15, -0.1) is 0 Å². The second-order valence-corrected chi connectivity index (χ2v) is 18.4. The van der Waals surface area contributed by atoms with Gasteiger partial charge in [-0.3, -0.25) is 19.2 Å². The van der Waals surface area contributed by atoms with Crippen molar-refractivity contribution in [3.05, 3.63) is 46.5 Å². The molecule has 12 heteroatoms. The van der Waals surface area contributed by atoms with E-state index in [4.69, 9.17) is 4.74 Å². The molecule has 0 aliphatic rings. The first-order valence-electron chi connectivity index (χ1n) is 20.9. The van der Waals surface area contributed by atoms with Crippen LogP contribution in [-0.4, -0.2) is 66.2 Å². The molecule has 2 aromatic rings. The average molecular weight is 815 g/mol. The third kappa shape index (κ3) is 15.7. The number of phenols is 3. The number of benzene rings is 2. The molecule has 12 nitrogen and oxygen atoms in total. The molecule has 0 aromatic heterocycles. The number of hydrogen-bond donors (Lipinski definition) is 7. The Labute approximate surface area is 344 Å². The van der Waals surface area contributed by atoms with E-state index in [1.807, 2.05) is 0 Å². The highest BCUT2D eigenvalue weighted by molar-refractivity contribution is 5.75. The number of carboxylic acid groups (broad SMARTS) is 4. The van der Waals surface area contributed by atoms with Crippen molar-refractivity contribution >= 4 is 23.9 Å².